The van der Waals surface area contributed by atoms with Crippen LogP contribution >= 0.6 is 11.8 Å². The van der Waals surface area contributed by atoms with E-state index in [9.17, 15) is 13.5 Å². The summed E-state index contributed by atoms with van der Waals surface area (Å²) < 4.78 is 48.5. The summed E-state index contributed by atoms with van der Waals surface area (Å²) in [5.74, 6) is 1.15. The Hall–Kier alpha value is -4.71. The third kappa shape index (κ3) is 7.55. The molecular weight excluding hydrogens is 669 g/mol. The van der Waals surface area contributed by atoms with Crippen molar-refractivity contribution in [3.05, 3.63) is 156 Å². The number of oxazole rings is 1. The van der Waals surface area contributed by atoms with Crippen LogP contribution in [0.4, 0.5) is 5.69 Å². The number of aliphatic hydroxyl groups excluding tert-OH is 1. The molecule has 0 bridgehead atoms. The number of thioether (sulfide) groups is 1. The van der Waals surface area contributed by atoms with E-state index in [1.165, 1.54) is 11.8 Å². The summed E-state index contributed by atoms with van der Waals surface area (Å²) in [6.07, 6.45) is -1.43. The molecule has 1 aliphatic rings. The zero-order valence-corrected chi connectivity index (χ0v) is 28.9. The Morgan fingerprint density at radius 1 is 0.760 bits per heavy atom. The van der Waals surface area contributed by atoms with E-state index >= 15 is 0 Å². The van der Waals surface area contributed by atoms with Gasteiger partial charge in [-0.05, 0) is 35.4 Å². The Kier molecular flexibility index (Phi) is 10.2. The first-order valence-corrected chi connectivity index (χ1v) is 18.8. The van der Waals surface area contributed by atoms with Crippen LogP contribution in [0.2, 0.25) is 0 Å². The first kappa shape index (κ1) is 33.8. The Morgan fingerprint density at radius 3 is 2.10 bits per heavy atom. The number of hydrogen-bond donors (Lipinski definition) is 2. The highest BCUT2D eigenvalue weighted by atomic mass is 32.2. The molecule has 0 unspecified atom stereocenters. The Morgan fingerprint density at radius 2 is 1.42 bits per heavy atom. The van der Waals surface area contributed by atoms with Crippen LogP contribution in [0.15, 0.2) is 154 Å². The molecular formula is C40H36N2O6S2. The molecule has 1 saturated heterocycles. The fourth-order valence-corrected chi connectivity index (χ4v) is 8.02. The molecule has 0 spiro atoms. The Balaban J connectivity index is 1.17. The van der Waals surface area contributed by atoms with Crippen molar-refractivity contribution in [3.63, 3.8) is 0 Å². The molecule has 254 valence electrons. The molecule has 4 atom stereocenters. The van der Waals surface area contributed by atoms with Crippen LogP contribution in [0.1, 0.15) is 36.0 Å². The van der Waals surface area contributed by atoms with Crippen molar-refractivity contribution >= 4 is 27.5 Å². The Labute approximate surface area is 296 Å². The molecule has 2 N–H and O–H groups in total. The van der Waals surface area contributed by atoms with Crippen LogP contribution in [0.25, 0.3) is 22.6 Å². The second-order valence-electron chi connectivity index (χ2n) is 12.1. The average molecular weight is 705 g/mol. The predicted octanol–water partition coefficient (Wildman–Crippen LogP) is 8.89. The quantitative estimate of drug-likeness (QED) is 0.129. The third-order valence-electron chi connectivity index (χ3n) is 8.65. The number of anilines is 1. The monoisotopic (exact) mass is 704 g/mol. The molecule has 8 nitrogen and oxygen atoms in total. The molecule has 1 fully saturated rings. The van der Waals surface area contributed by atoms with Gasteiger partial charge in [0, 0.05) is 34.0 Å². The van der Waals surface area contributed by atoms with Crippen molar-refractivity contribution in [1.29, 1.82) is 0 Å². The first-order valence-electron chi connectivity index (χ1n) is 16.3. The van der Waals surface area contributed by atoms with Crippen molar-refractivity contribution in [3.8, 4) is 22.6 Å². The summed E-state index contributed by atoms with van der Waals surface area (Å²) in [5.41, 5.74) is 5.51. The molecule has 7 rings (SSSR count). The van der Waals surface area contributed by atoms with Gasteiger partial charge in [0.05, 0.1) is 23.7 Å². The van der Waals surface area contributed by atoms with E-state index in [2.05, 4.69) is 11.6 Å². The van der Waals surface area contributed by atoms with Crippen molar-refractivity contribution in [2.24, 2.45) is 5.92 Å². The predicted molar refractivity (Wildman–Crippen MR) is 195 cm³/mol. The van der Waals surface area contributed by atoms with Gasteiger partial charge in [-0.2, -0.15) is 0 Å². The number of sulfonamides is 1. The number of benzene rings is 5. The minimum atomic E-state index is -3.79. The first-order chi connectivity index (χ1) is 24.4. The highest BCUT2D eigenvalue weighted by Crippen LogP contribution is 2.44. The molecule has 5 aromatic carbocycles. The van der Waals surface area contributed by atoms with Crippen molar-refractivity contribution < 1.29 is 27.4 Å². The highest BCUT2D eigenvalue weighted by molar-refractivity contribution is 7.99. The number of ether oxygens (including phenoxy) is 2. The van der Waals surface area contributed by atoms with E-state index in [1.807, 2.05) is 91.0 Å². The highest BCUT2D eigenvalue weighted by Gasteiger charge is 2.39. The van der Waals surface area contributed by atoms with Gasteiger partial charge in [-0.1, -0.05) is 134 Å². The zero-order valence-electron chi connectivity index (χ0n) is 27.3. The van der Waals surface area contributed by atoms with Crippen LogP contribution in [0.3, 0.4) is 0 Å². The van der Waals surface area contributed by atoms with Gasteiger partial charge >= 0.3 is 0 Å². The number of nitrogens with zero attached hydrogens (tertiary/aromatic N) is 1. The maximum Gasteiger partial charge on any atom is 0.261 e. The summed E-state index contributed by atoms with van der Waals surface area (Å²) in [7, 11) is -3.79. The van der Waals surface area contributed by atoms with Crippen LogP contribution in [-0.4, -0.2) is 30.4 Å². The standard InChI is InChI=1S/C40H36N2O6S2/c1-27-35(26-49-40-41-36(29-12-5-2-6-13-29)38(48-40)30-14-7-3-8-15-30)46-39(47-37(27)31-22-20-28(25-43)21-23-31)32-16-11-17-33(24-32)42-50(44,45)34-18-9-4-10-19-34/h2-24,27,35,37,39,42-43H,25-26H2,1H3/t27-,35+,37+,39+/m0/s1. The van der Waals surface area contributed by atoms with Crippen molar-refractivity contribution in [1.82, 2.24) is 4.98 Å². The van der Waals surface area contributed by atoms with Crippen molar-refractivity contribution in [2.45, 2.75) is 42.1 Å². The van der Waals surface area contributed by atoms with Crippen molar-refractivity contribution in [2.75, 3.05) is 10.5 Å². The van der Waals surface area contributed by atoms with E-state index < -0.39 is 16.3 Å². The van der Waals surface area contributed by atoms with Crippen LogP contribution in [-0.2, 0) is 26.1 Å². The van der Waals surface area contributed by atoms with E-state index in [1.54, 1.807) is 48.5 Å². The van der Waals surface area contributed by atoms with Gasteiger partial charge in [0.15, 0.2) is 12.1 Å². The van der Waals surface area contributed by atoms with Gasteiger partial charge in [0.2, 0.25) is 0 Å². The molecule has 0 aliphatic carbocycles. The number of rotatable bonds is 11. The second-order valence-corrected chi connectivity index (χ2v) is 14.7. The average Bonchev–Trinajstić information content (AvgIpc) is 3.60. The maximum absolute atomic E-state index is 13.1. The smallest absolute Gasteiger partial charge is 0.261 e. The molecule has 0 saturated carbocycles. The van der Waals surface area contributed by atoms with Crippen LogP contribution < -0.4 is 4.72 Å². The summed E-state index contributed by atoms with van der Waals surface area (Å²) in [5, 5.41) is 10.2. The largest absolute Gasteiger partial charge is 0.431 e. The molecule has 6 aromatic rings. The van der Waals surface area contributed by atoms with Crippen LogP contribution in [0, 0.1) is 5.92 Å². The molecule has 1 aliphatic heterocycles. The lowest BCUT2D eigenvalue weighted by molar-refractivity contribution is -0.268. The molecule has 2 heterocycles. The van der Waals surface area contributed by atoms with Gasteiger partial charge in [0.1, 0.15) is 5.69 Å². The summed E-state index contributed by atoms with van der Waals surface area (Å²) in [4.78, 5) is 5.10. The molecule has 0 radical (unpaired) electrons. The maximum atomic E-state index is 13.1. The summed E-state index contributed by atoms with van der Waals surface area (Å²) in [6, 6.07) is 43.0. The lowest BCUT2D eigenvalue weighted by atomic mass is 9.91. The van der Waals surface area contributed by atoms with E-state index in [4.69, 9.17) is 18.9 Å². The van der Waals surface area contributed by atoms with Gasteiger partial charge in [-0.3, -0.25) is 4.72 Å². The molecule has 50 heavy (non-hydrogen) atoms. The zero-order chi connectivity index (χ0) is 34.5. The number of hydrogen-bond acceptors (Lipinski definition) is 8. The molecule has 10 heteroatoms. The minimum absolute atomic E-state index is 0.0515. The SMILES string of the molecule is C[C@H]1[C@@H](CSc2nc(-c3ccccc3)c(-c3ccccc3)o2)O[C@@H](c2cccc(NS(=O)(=O)c3ccccc3)c2)O[C@H]1c1ccc(CO)cc1. The summed E-state index contributed by atoms with van der Waals surface area (Å²) >= 11 is 1.48. The Bertz CT molecular complexity index is 2070. The van der Waals surface area contributed by atoms with Gasteiger partial charge in [0.25, 0.3) is 15.2 Å². The van der Waals surface area contributed by atoms with Crippen LogP contribution in [0.5, 0.6) is 0 Å². The lowest BCUT2D eigenvalue weighted by Gasteiger charge is -2.41. The minimum Gasteiger partial charge on any atom is -0.431 e. The molecule has 0 amide bonds. The van der Waals surface area contributed by atoms with E-state index in [0.29, 0.717) is 28.0 Å². The number of aromatic nitrogens is 1. The topological polar surface area (TPSA) is 111 Å². The normalized spacial score (nSPS) is 19.2. The fourth-order valence-electron chi connectivity index (χ4n) is 5.96. The van der Waals surface area contributed by atoms with Gasteiger partial charge in [-0.25, -0.2) is 13.4 Å². The summed E-state index contributed by atoms with van der Waals surface area (Å²) in [6.45, 7) is 2.04. The fraction of sp³-hybridized carbons (Fsp3) is 0.175. The second kappa shape index (κ2) is 15.0. The number of nitrogens with one attached hydrogen (secondary N) is 1. The van der Waals surface area contributed by atoms with E-state index in [-0.39, 0.29) is 29.6 Å². The lowest BCUT2D eigenvalue weighted by Crippen LogP contribution is -2.38. The van der Waals surface area contributed by atoms with Gasteiger partial charge < -0.3 is 19.0 Å². The van der Waals surface area contributed by atoms with Gasteiger partial charge in [-0.15, -0.1) is 0 Å². The third-order valence-corrected chi connectivity index (χ3v) is 11.0. The van der Waals surface area contributed by atoms with E-state index in [0.717, 1.165) is 27.9 Å². The molecule has 1 aromatic heterocycles. The number of aliphatic hydroxyl groups is 1.